The van der Waals surface area contributed by atoms with E-state index in [2.05, 4.69) is 18.9 Å². The maximum absolute atomic E-state index is 11.4. The Morgan fingerprint density at radius 2 is 2.15 bits per heavy atom. The first-order chi connectivity index (χ1) is 9.40. The lowest BCUT2D eigenvalue weighted by molar-refractivity contribution is -0.384. The third-order valence-electron chi connectivity index (χ3n) is 4.80. The first-order valence-corrected chi connectivity index (χ1v) is 6.70. The number of benzene rings is 1. The predicted molar refractivity (Wildman–Crippen MR) is 76.4 cm³/mol. The Kier molecular flexibility index (Phi) is 2.69. The molecule has 0 aromatic heterocycles. The zero-order chi connectivity index (χ0) is 14.7. The van der Waals surface area contributed by atoms with Gasteiger partial charge in [-0.2, -0.15) is 0 Å². The number of nitro groups is 1. The van der Waals surface area contributed by atoms with Crippen LogP contribution >= 0.6 is 0 Å². The molecule has 1 saturated heterocycles. The molecule has 2 heterocycles. The summed E-state index contributed by atoms with van der Waals surface area (Å²) in [5.41, 5.74) is 1.80. The smallest absolute Gasteiger partial charge is 0.296 e. The summed E-state index contributed by atoms with van der Waals surface area (Å²) < 4.78 is 5.25. The van der Waals surface area contributed by atoms with E-state index in [1.165, 1.54) is 6.07 Å². The van der Waals surface area contributed by atoms with E-state index in [4.69, 9.17) is 4.74 Å². The van der Waals surface area contributed by atoms with Crippen LogP contribution in [0.5, 0.6) is 5.75 Å². The second kappa shape index (κ2) is 4.09. The first-order valence-electron chi connectivity index (χ1n) is 6.70. The van der Waals surface area contributed by atoms with Gasteiger partial charge in [-0.15, -0.1) is 0 Å². The molecule has 1 aromatic rings. The molecule has 1 aromatic carbocycles. The lowest BCUT2D eigenvalue weighted by Gasteiger charge is -2.32. The minimum atomic E-state index is -0.317. The monoisotopic (exact) mass is 277 g/mol. The zero-order valence-corrected chi connectivity index (χ0v) is 12.2. The summed E-state index contributed by atoms with van der Waals surface area (Å²) in [5.74, 6) is 0.556. The second-order valence-electron chi connectivity index (χ2n) is 5.93. The number of ether oxygens (including phenoxy) is 1. The van der Waals surface area contributed by atoms with Gasteiger partial charge in [-0.25, -0.2) is 0 Å². The summed E-state index contributed by atoms with van der Waals surface area (Å²) in [4.78, 5) is 15.4. The van der Waals surface area contributed by atoms with Gasteiger partial charge in [0.05, 0.1) is 24.3 Å². The van der Waals surface area contributed by atoms with E-state index < -0.39 is 0 Å². The number of nitro benzene ring substituents is 1. The van der Waals surface area contributed by atoms with Gasteiger partial charge in [0.25, 0.3) is 5.69 Å². The maximum Gasteiger partial charge on any atom is 0.296 e. The summed E-state index contributed by atoms with van der Waals surface area (Å²) >= 11 is 0. The van der Waals surface area contributed by atoms with Crippen molar-refractivity contribution in [3.8, 4) is 5.75 Å². The second-order valence-corrected chi connectivity index (χ2v) is 5.93. The van der Waals surface area contributed by atoms with Gasteiger partial charge in [0.15, 0.2) is 0 Å². The summed E-state index contributed by atoms with van der Waals surface area (Å²) in [7, 11) is 5.56. The van der Waals surface area contributed by atoms with E-state index >= 15 is 0 Å². The molecule has 1 fully saturated rings. The molecule has 3 rings (SSSR count). The number of hydrogen-bond donors (Lipinski definition) is 0. The van der Waals surface area contributed by atoms with Crippen LogP contribution in [0, 0.1) is 10.1 Å². The van der Waals surface area contributed by atoms with Crippen molar-refractivity contribution in [1.29, 1.82) is 0 Å². The molecule has 0 N–H and O–H groups in total. The van der Waals surface area contributed by atoms with Crippen LogP contribution in [0.4, 0.5) is 11.4 Å². The third kappa shape index (κ3) is 1.48. The van der Waals surface area contributed by atoms with E-state index in [-0.39, 0.29) is 22.2 Å². The maximum atomic E-state index is 11.4. The molecule has 2 aliphatic heterocycles. The van der Waals surface area contributed by atoms with Crippen molar-refractivity contribution in [2.24, 2.45) is 0 Å². The highest BCUT2D eigenvalue weighted by Gasteiger charge is 2.54. The number of methoxy groups -OCH3 is 1. The number of rotatable bonds is 2. The standard InChI is InChI=1S/C14H19N3O3/c1-14-5-6-15(2)13(14)16(3)12-10(14)7-9(20-4)8-11(12)17(18)19/h7-8,13H,5-6H2,1-4H3/t13-,14+/m1/s1. The number of anilines is 1. The predicted octanol–water partition coefficient (Wildman–Crippen LogP) is 1.97. The number of likely N-dealkylation sites (tertiary alicyclic amines) is 1. The fourth-order valence-electron chi connectivity index (χ4n) is 3.92. The van der Waals surface area contributed by atoms with Crippen molar-refractivity contribution < 1.29 is 9.66 Å². The number of likely N-dealkylation sites (N-methyl/N-ethyl adjacent to an activating group) is 2. The molecule has 20 heavy (non-hydrogen) atoms. The molecular weight excluding hydrogens is 258 g/mol. The van der Waals surface area contributed by atoms with Crippen LogP contribution in [0.2, 0.25) is 0 Å². The van der Waals surface area contributed by atoms with E-state index in [1.54, 1.807) is 7.11 Å². The van der Waals surface area contributed by atoms with E-state index in [0.717, 1.165) is 24.2 Å². The van der Waals surface area contributed by atoms with Gasteiger partial charge in [0.2, 0.25) is 0 Å². The fourth-order valence-corrected chi connectivity index (χ4v) is 3.92. The van der Waals surface area contributed by atoms with Crippen LogP contribution in [0.25, 0.3) is 0 Å². The van der Waals surface area contributed by atoms with Gasteiger partial charge in [0.1, 0.15) is 11.4 Å². The SMILES string of the molecule is COc1cc([N+](=O)[O-])c2c(c1)[C@]1(C)CCN(C)[C@@H]1N2C. The number of hydrogen-bond acceptors (Lipinski definition) is 5. The molecule has 0 radical (unpaired) electrons. The average Bonchev–Trinajstić information content (AvgIpc) is 2.83. The molecule has 6 nitrogen and oxygen atoms in total. The van der Waals surface area contributed by atoms with Gasteiger partial charge in [-0.05, 0) is 25.1 Å². The number of nitrogens with zero attached hydrogens (tertiary/aromatic N) is 3. The molecule has 0 saturated carbocycles. The van der Waals surface area contributed by atoms with E-state index in [1.807, 2.05) is 18.0 Å². The van der Waals surface area contributed by atoms with Gasteiger partial charge in [0, 0.05) is 19.0 Å². The molecular formula is C14H19N3O3. The highest BCUT2D eigenvalue weighted by Crippen LogP contribution is 2.54. The lowest BCUT2D eigenvalue weighted by atomic mass is 9.81. The lowest BCUT2D eigenvalue weighted by Crippen LogP contribution is -2.45. The third-order valence-corrected chi connectivity index (χ3v) is 4.80. The molecule has 0 amide bonds. The van der Waals surface area contributed by atoms with Crippen molar-refractivity contribution in [3.63, 3.8) is 0 Å². The Bertz CT molecular complexity index is 589. The molecule has 6 heteroatoms. The Balaban J connectivity index is 2.27. The van der Waals surface area contributed by atoms with Gasteiger partial charge < -0.3 is 9.64 Å². The van der Waals surface area contributed by atoms with Crippen LogP contribution < -0.4 is 9.64 Å². The summed E-state index contributed by atoms with van der Waals surface area (Å²) in [6, 6.07) is 3.47. The van der Waals surface area contributed by atoms with Crippen LogP contribution in [0.1, 0.15) is 18.9 Å². The Labute approximate surface area is 118 Å². The minimum Gasteiger partial charge on any atom is -0.496 e. The molecule has 0 spiro atoms. The normalized spacial score (nSPS) is 28.4. The summed E-state index contributed by atoms with van der Waals surface area (Å²) in [6.45, 7) is 3.18. The topological polar surface area (TPSA) is 58.9 Å². The molecule has 0 bridgehead atoms. The molecule has 2 aliphatic rings. The summed E-state index contributed by atoms with van der Waals surface area (Å²) in [5, 5.41) is 11.4. The molecule has 108 valence electrons. The van der Waals surface area contributed by atoms with Crippen molar-refractivity contribution in [2.45, 2.75) is 24.9 Å². The van der Waals surface area contributed by atoms with Crippen LogP contribution in [0.15, 0.2) is 12.1 Å². The van der Waals surface area contributed by atoms with Crippen LogP contribution in [0.3, 0.4) is 0 Å². The highest BCUT2D eigenvalue weighted by atomic mass is 16.6. The number of fused-ring (bicyclic) bond motifs is 3. The fraction of sp³-hybridized carbons (Fsp3) is 0.571. The highest BCUT2D eigenvalue weighted by molar-refractivity contribution is 5.76. The molecule has 0 unspecified atom stereocenters. The van der Waals surface area contributed by atoms with Gasteiger partial charge >= 0.3 is 0 Å². The van der Waals surface area contributed by atoms with Crippen LogP contribution in [-0.2, 0) is 5.41 Å². The van der Waals surface area contributed by atoms with Crippen LogP contribution in [-0.4, -0.2) is 43.7 Å². The van der Waals surface area contributed by atoms with Crippen molar-refractivity contribution in [2.75, 3.05) is 32.6 Å². The van der Waals surface area contributed by atoms with Crippen molar-refractivity contribution in [3.05, 3.63) is 27.8 Å². The Hall–Kier alpha value is -1.82. The average molecular weight is 277 g/mol. The summed E-state index contributed by atoms with van der Waals surface area (Å²) in [6.07, 6.45) is 1.17. The first kappa shape index (κ1) is 13.2. The van der Waals surface area contributed by atoms with Gasteiger partial charge in [-0.3, -0.25) is 15.0 Å². The van der Waals surface area contributed by atoms with E-state index in [9.17, 15) is 10.1 Å². The molecule has 2 atom stereocenters. The minimum absolute atomic E-state index is 0.0852. The Morgan fingerprint density at radius 3 is 2.75 bits per heavy atom. The van der Waals surface area contributed by atoms with E-state index in [0.29, 0.717) is 5.75 Å². The molecule has 0 aliphatic carbocycles. The van der Waals surface area contributed by atoms with Crippen molar-refractivity contribution >= 4 is 11.4 Å². The zero-order valence-electron chi connectivity index (χ0n) is 12.2. The van der Waals surface area contributed by atoms with Crippen molar-refractivity contribution in [1.82, 2.24) is 4.90 Å². The quantitative estimate of drug-likeness (QED) is 0.611. The largest absolute Gasteiger partial charge is 0.496 e. The Morgan fingerprint density at radius 1 is 1.45 bits per heavy atom. The van der Waals surface area contributed by atoms with Gasteiger partial charge in [-0.1, -0.05) is 6.92 Å².